The van der Waals surface area contributed by atoms with Crippen LogP contribution >= 0.6 is 0 Å². The van der Waals surface area contributed by atoms with E-state index in [4.69, 9.17) is 4.74 Å². The fraction of sp³-hybridized carbons (Fsp3) is 0.481. The molecule has 1 spiro atoms. The minimum atomic E-state index is -0.528. The highest BCUT2D eigenvalue weighted by molar-refractivity contribution is 5.85. The number of rotatable bonds is 3. The number of hydrogen-bond donors (Lipinski definition) is 2. The summed E-state index contributed by atoms with van der Waals surface area (Å²) >= 11 is 0. The Hall–Kier alpha value is -2.34. The SMILES string of the molecule is Cc1cc2c(cc1C)[C@@H](O)CC1(CCN(C[C@H](O)c3c(C)n(C)c4ccccc34)CC1)O2. The van der Waals surface area contributed by atoms with E-state index in [1.54, 1.807) is 0 Å². The van der Waals surface area contributed by atoms with Gasteiger partial charge in [-0.3, -0.25) is 0 Å². The molecule has 0 aliphatic carbocycles. The van der Waals surface area contributed by atoms with Crippen LogP contribution in [0, 0.1) is 20.8 Å². The second-order valence-corrected chi connectivity index (χ2v) is 9.87. The van der Waals surface area contributed by atoms with E-state index in [0.29, 0.717) is 13.0 Å². The maximum Gasteiger partial charge on any atom is 0.126 e. The monoisotopic (exact) mass is 434 g/mol. The van der Waals surface area contributed by atoms with Crippen LogP contribution < -0.4 is 4.74 Å². The first-order valence-electron chi connectivity index (χ1n) is 11.7. The van der Waals surface area contributed by atoms with Gasteiger partial charge in [0.15, 0.2) is 0 Å². The van der Waals surface area contributed by atoms with Gasteiger partial charge in [0.25, 0.3) is 0 Å². The molecule has 0 radical (unpaired) electrons. The van der Waals surface area contributed by atoms with Crippen molar-refractivity contribution in [1.29, 1.82) is 0 Å². The Labute approximate surface area is 190 Å². The van der Waals surface area contributed by atoms with Crippen LogP contribution in [0.4, 0.5) is 0 Å². The molecule has 2 aromatic carbocycles. The van der Waals surface area contributed by atoms with Crippen LogP contribution in [-0.2, 0) is 7.05 Å². The number of fused-ring (bicyclic) bond motifs is 2. The second kappa shape index (κ2) is 7.91. The van der Waals surface area contributed by atoms with E-state index in [0.717, 1.165) is 59.4 Å². The zero-order valence-electron chi connectivity index (χ0n) is 19.6. The van der Waals surface area contributed by atoms with Crippen molar-refractivity contribution in [2.24, 2.45) is 7.05 Å². The van der Waals surface area contributed by atoms with E-state index in [1.165, 1.54) is 11.1 Å². The van der Waals surface area contributed by atoms with Crippen molar-refractivity contribution in [2.75, 3.05) is 19.6 Å². The normalized spacial score (nSPS) is 21.5. The molecule has 1 fully saturated rings. The number of β-amino-alcohol motifs (C(OH)–C–C–N with tert-alkyl or cyclic N) is 1. The minimum absolute atomic E-state index is 0.315. The Morgan fingerprint density at radius 1 is 1.09 bits per heavy atom. The van der Waals surface area contributed by atoms with Gasteiger partial charge in [0.2, 0.25) is 0 Å². The lowest BCUT2D eigenvalue weighted by Gasteiger charge is -2.46. The van der Waals surface area contributed by atoms with Crippen molar-refractivity contribution in [2.45, 2.75) is 57.8 Å². The fourth-order valence-corrected chi connectivity index (χ4v) is 5.65. The maximum atomic E-state index is 11.2. The van der Waals surface area contributed by atoms with Gasteiger partial charge in [-0.2, -0.15) is 0 Å². The molecule has 3 aromatic rings. The predicted octanol–water partition coefficient (Wildman–Crippen LogP) is 4.49. The number of nitrogens with zero attached hydrogens (tertiary/aromatic N) is 2. The molecule has 0 saturated carbocycles. The van der Waals surface area contributed by atoms with Crippen molar-refractivity contribution in [3.8, 4) is 5.75 Å². The molecule has 5 rings (SSSR count). The predicted molar refractivity (Wildman–Crippen MR) is 127 cm³/mol. The number of benzene rings is 2. The Balaban J connectivity index is 1.30. The van der Waals surface area contributed by atoms with Gasteiger partial charge in [0, 0.05) is 60.8 Å². The lowest BCUT2D eigenvalue weighted by Crippen LogP contribution is -2.51. The molecule has 2 aliphatic heterocycles. The van der Waals surface area contributed by atoms with E-state index < -0.39 is 12.2 Å². The molecule has 2 atom stereocenters. The molecule has 1 aromatic heterocycles. The van der Waals surface area contributed by atoms with Crippen LogP contribution in [0.3, 0.4) is 0 Å². The van der Waals surface area contributed by atoms with Gasteiger partial charge >= 0.3 is 0 Å². The number of aromatic nitrogens is 1. The number of para-hydroxylation sites is 1. The molecule has 0 unspecified atom stereocenters. The van der Waals surface area contributed by atoms with Gasteiger partial charge in [-0.25, -0.2) is 0 Å². The molecule has 170 valence electrons. The number of aliphatic hydroxyl groups excluding tert-OH is 2. The first-order chi connectivity index (χ1) is 15.3. The second-order valence-electron chi connectivity index (χ2n) is 9.87. The Bertz CT molecular complexity index is 1160. The third-order valence-corrected chi connectivity index (χ3v) is 7.86. The number of ether oxygens (including phenoxy) is 1. The lowest BCUT2D eigenvalue weighted by atomic mass is 9.81. The van der Waals surface area contributed by atoms with Crippen LogP contribution in [0.2, 0.25) is 0 Å². The molecule has 0 bridgehead atoms. The lowest BCUT2D eigenvalue weighted by molar-refractivity contribution is -0.0588. The first kappa shape index (κ1) is 21.5. The Morgan fingerprint density at radius 3 is 2.53 bits per heavy atom. The van der Waals surface area contributed by atoms with Gasteiger partial charge < -0.3 is 24.4 Å². The summed E-state index contributed by atoms with van der Waals surface area (Å²) in [7, 11) is 2.06. The van der Waals surface area contributed by atoms with Gasteiger partial charge in [0.05, 0.1) is 12.2 Å². The zero-order chi connectivity index (χ0) is 22.6. The van der Waals surface area contributed by atoms with E-state index in [-0.39, 0.29) is 5.60 Å². The summed E-state index contributed by atoms with van der Waals surface area (Å²) in [5, 5.41) is 23.2. The van der Waals surface area contributed by atoms with Crippen LogP contribution in [0.25, 0.3) is 10.9 Å². The molecule has 1 saturated heterocycles. The number of aliphatic hydroxyl groups is 2. The molecule has 5 nitrogen and oxygen atoms in total. The highest BCUT2D eigenvalue weighted by Crippen LogP contribution is 2.45. The first-order valence-corrected chi connectivity index (χ1v) is 11.7. The Kier molecular flexibility index (Phi) is 5.31. The fourth-order valence-electron chi connectivity index (χ4n) is 5.65. The topological polar surface area (TPSA) is 57.9 Å². The van der Waals surface area contributed by atoms with Crippen LogP contribution in [0.15, 0.2) is 36.4 Å². The van der Waals surface area contributed by atoms with Crippen molar-refractivity contribution in [1.82, 2.24) is 9.47 Å². The van der Waals surface area contributed by atoms with Crippen molar-refractivity contribution in [3.05, 3.63) is 64.3 Å². The summed E-state index contributed by atoms with van der Waals surface area (Å²) in [6.07, 6.45) is 1.35. The van der Waals surface area contributed by atoms with Crippen molar-refractivity contribution in [3.63, 3.8) is 0 Å². The van der Waals surface area contributed by atoms with Crippen molar-refractivity contribution < 1.29 is 14.9 Å². The molecule has 2 N–H and O–H groups in total. The summed E-state index contributed by atoms with van der Waals surface area (Å²) in [4.78, 5) is 2.34. The summed E-state index contributed by atoms with van der Waals surface area (Å²) in [5.74, 6) is 0.840. The zero-order valence-corrected chi connectivity index (χ0v) is 19.6. The minimum Gasteiger partial charge on any atom is -0.487 e. The van der Waals surface area contributed by atoms with Crippen LogP contribution in [0.5, 0.6) is 5.75 Å². The standard InChI is InChI=1S/C27H34N2O3/c1-17-13-21-23(30)15-27(32-25(21)14-18(17)2)9-11-29(12-10-27)16-24(31)26-19(3)28(4)22-8-6-5-7-20(22)26/h5-8,13-14,23-24,30-31H,9-12,15-16H2,1-4H3/t23-,24-/m0/s1. The molecular weight excluding hydrogens is 400 g/mol. The highest BCUT2D eigenvalue weighted by atomic mass is 16.5. The average Bonchev–Trinajstić information content (AvgIpc) is 3.02. The Morgan fingerprint density at radius 2 is 1.78 bits per heavy atom. The summed E-state index contributed by atoms with van der Waals surface area (Å²) in [6.45, 7) is 8.58. The molecule has 0 amide bonds. The van der Waals surface area contributed by atoms with E-state index >= 15 is 0 Å². The number of likely N-dealkylation sites (tertiary alicyclic amines) is 1. The molecule has 5 heteroatoms. The van der Waals surface area contributed by atoms with Gasteiger partial charge in [-0.15, -0.1) is 0 Å². The van der Waals surface area contributed by atoms with Crippen LogP contribution in [0.1, 0.15) is 59.4 Å². The maximum absolute atomic E-state index is 11.2. The summed E-state index contributed by atoms with van der Waals surface area (Å²) in [5.41, 5.74) is 6.30. The largest absolute Gasteiger partial charge is 0.487 e. The number of piperidine rings is 1. The number of aryl methyl sites for hydroxylation is 3. The number of hydrogen-bond acceptors (Lipinski definition) is 4. The molecule has 3 heterocycles. The third kappa shape index (κ3) is 3.53. The van der Waals surface area contributed by atoms with Gasteiger partial charge in [0.1, 0.15) is 11.4 Å². The summed E-state index contributed by atoms with van der Waals surface area (Å²) < 4.78 is 8.70. The smallest absolute Gasteiger partial charge is 0.126 e. The van der Waals surface area contributed by atoms with E-state index in [1.807, 2.05) is 12.1 Å². The van der Waals surface area contributed by atoms with Gasteiger partial charge in [-0.1, -0.05) is 18.2 Å². The summed E-state index contributed by atoms with van der Waals surface area (Å²) in [6, 6.07) is 12.4. The highest BCUT2D eigenvalue weighted by Gasteiger charge is 2.43. The third-order valence-electron chi connectivity index (χ3n) is 7.86. The molecular formula is C27H34N2O3. The molecule has 32 heavy (non-hydrogen) atoms. The van der Waals surface area contributed by atoms with Crippen molar-refractivity contribution >= 4 is 10.9 Å². The van der Waals surface area contributed by atoms with E-state index in [9.17, 15) is 10.2 Å². The quantitative estimate of drug-likeness (QED) is 0.638. The van der Waals surface area contributed by atoms with Crippen LogP contribution in [-0.4, -0.2) is 44.9 Å². The average molecular weight is 435 g/mol. The van der Waals surface area contributed by atoms with E-state index in [2.05, 4.69) is 61.6 Å². The molecule has 2 aliphatic rings. The van der Waals surface area contributed by atoms with Gasteiger partial charge in [-0.05, 0) is 62.9 Å².